The quantitative estimate of drug-likeness (QED) is 0.591. The average molecular weight is 276 g/mol. The number of carbonyl (C=O) groups excluding carboxylic acids is 1. The van der Waals surface area contributed by atoms with Gasteiger partial charge < -0.3 is 15.8 Å². The number of amides is 1. The second-order valence-electron chi connectivity index (χ2n) is 5.36. The lowest BCUT2D eigenvalue weighted by atomic mass is 10.0. The fraction of sp³-hybridized carbons (Fsp3) is 0.562. The maximum atomic E-state index is 11.3. The zero-order valence-corrected chi connectivity index (χ0v) is 12.2. The normalized spacial score (nSPS) is 13.8. The molecule has 110 valence electrons. The highest BCUT2D eigenvalue weighted by Crippen LogP contribution is 2.32. The molecule has 0 unspecified atom stereocenters. The Kier molecular flexibility index (Phi) is 5.27. The van der Waals surface area contributed by atoms with E-state index in [2.05, 4.69) is 12.2 Å². The van der Waals surface area contributed by atoms with Crippen molar-refractivity contribution in [2.45, 2.75) is 51.9 Å². The molecule has 4 heteroatoms. The largest absolute Gasteiger partial charge is 0.491 e. The molecule has 0 saturated carbocycles. The molecule has 0 atom stereocenters. The van der Waals surface area contributed by atoms with Crippen LogP contribution in [0.25, 0.3) is 0 Å². The SMILES string of the molecule is CCCCCCCOc1cc2c(cc1N)NC(=O)CC2. The molecule has 1 heterocycles. The van der Waals surface area contributed by atoms with Crippen LogP contribution in [-0.4, -0.2) is 12.5 Å². The molecule has 4 nitrogen and oxygen atoms in total. The van der Waals surface area contributed by atoms with E-state index in [0.29, 0.717) is 18.7 Å². The highest BCUT2D eigenvalue weighted by molar-refractivity contribution is 5.94. The fourth-order valence-electron chi connectivity index (χ4n) is 2.44. The van der Waals surface area contributed by atoms with Gasteiger partial charge in [-0.1, -0.05) is 32.6 Å². The van der Waals surface area contributed by atoms with Crippen molar-refractivity contribution in [3.05, 3.63) is 17.7 Å². The van der Waals surface area contributed by atoms with E-state index in [0.717, 1.165) is 29.8 Å². The molecule has 0 fully saturated rings. The van der Waals surface area contributed by atoms with Gasteiger partial charge in [-0.15, -0.1) is 0 Å². The molecule has 0 spiro atoms. The van der Waals surface area contributed by atoms with E-state index < -0.39 is 0 Å². The highest BCUT2D eigenvalue weighted by Gasteiger charge is 2.17. The van der Waals surface area contributed by atoms with Crippen molar-refractivity contribution in [2.75, 3.05) is 17.7 Å². The molecule has 0 bridgehead atoms. The zero-order valence-electron chi connectivity index (χ0n) is 12.2. The number of nitrogen functional groups attached to an aromatic ring is 1. The van der Waals surface area contributed by atoms with Gasteiger partial charge in [0.25, 0.3) is 0 Å². The van der Waals surface area contributed by atoms with Crippen LogP contribution < -0.4 is 15.8 Å². The maximum Gasteiger partial charge on any atom is 0.224 e. The second kappa shape index (κ2) is 7.17. The number of nitrogens with one attached hydrogen (secondary N) is 1. The minimum absolute atomic E-state index is 0.0569. The van der Waals surface area contributed by atoms with Crippen molar-refractivity contribution in [3.8, 4) is 5.75 Å². The Morgan fingerprint density at radius 1 is 1.20 bits per heavy atom. The number of aryl methyl sites for hydroxylation is 1. The zero-order chi connectivity index (χ0) is 14.4. The number of fused-ring (bicyclic) bond motifs is 1. The molecule has 0 aliphatic carbocycles. The van der Waals surface area contributed by atoms with Gasteiger partial charge in [-0.3, -0.25) is 4.79 Å². The lowest BCUT2D eigenvalue weighted by Gasteiger charge is -2.19. The minimum Gasteiger partial charge on any atom is -0.491 e. The summed E-state index contributed by atoms with van der Waals surface area (Å²) in [5, 5.41) is 2.84. The third-order valence-electron chi connectivity index (χ3n) is 3.64. The topological polar surface area (TPSA) is 64.3 Å². The van der Waals surface area contributed by atoms with Gasteiger partial charge in [-0.25, -0.2) is 0 Å². The molecule has 1 aliphatic heterocycles. The number of nitrogens with two attached hydrogens (primary N) is 1. The molecule has 2 rings (SSSR count). The molecule has 3 N–H and O–H groups in total. The lowest BCUT2D eigenvalue weighted by molar-refractivity contribution is -0.116. The van der Waals surface area contributed by atoms with Gasteiger partial charge in [0.05, 0.1) is 12.3 Å². The Morgan fingerprint density at radius 3 is 2.80 bits per heavy atom. The first-order valence-corrected chi connectivity index (χ1v) is 7.55. The van der Waals surface area contributed by atoms with Gasteiger partial charge in [0.2, 0.25) is 5.91 Å². The first-order chi connectivity index (χ1) is 9.70. The van der Waals surface area contributed by atoms with Crippen molar-refractivity contribution in [3.63, 3.8) is 0 Å². The Labute approximate surface area is 120 Å². The number of rotatable bonds is 7. The number of carbonyl (C=O) groups is 1. The molecule has 1 aromatic carbocycles. The number of anilines is 2. The van der Waals surface area contributed by atoms with E-state index in [9.17, 15) is 4.79 Å². The summed E-state index contributed by atoms with van der Waals surface area (Å²) in [6.45, 7) is 2.92. The first-order valence-electron chi connectivity index (χ1n) is 7.55. The summed E-state index contributed by atoms with van der Waals surface area (Å²) in [4.78, 5) is 11.3. The highest BCUT2D eigenvalue weighted by atomic mass is 16.5. The standard InChI is InChI=1S/C16H24N2O2/c1-2-3-4-5-6-9-20-15-10-12-7-8-16(19)18-14(12)11-13(15)17/h10-11H,2-9,17H2,1H3,(H,18,19). The Hall–Kier alpha value is -1.71. The number of benzene rings is 1. The molecular formula is C16H24N2O2. The van der Waals surface area contributed by atoms with Gasteiger partial charge >= 0.3 is 0 Å². The summed E-state index contributed by atoms with van der Waals surface area (Å²) in [5.41, 5.74) is 8.51. The molecular weight excluding hydrogens is 252 g/mol. The van der Waals surface area contributed by atoms with E-state index in [1.54, 1.807) is 6.07 Å². The van der Waals surface area contributed by atoms with Crippen LogP contribution in [0.2, 0.25) is 0 Å². The van der Waals surface area contributed by atoms with Gasteiger partial charge in [0.1, 0.15) is 5.75 Å². The second-order valence-corrected chi connectivity index (χ2v) is 5.36. The Morgan fingerprint density at radius 2 is 2.00 bits per heavy atom. The molecule has 1 aliphatic rings. The van der Waals surface area contributed by atoms with Crippen molar-refractivity contribution in [2.24, 2.45) is 0 Å². The average Bonchev–Trinajstić information content (AvgIpc) is 2.43. The number of unbranched alkanes of at least 4 members (excludes halogenated alkanes) is 4. The summed E-state index contributed by atoms with van der Waals surface area (Å²) in [6, 6.07) is 3.77. The monoisotopic (exact) mass is 276 g/mol. The van der Waals surface area contributed by atoms with Crippen molar-refractivity contribution >= 4 is 17.3 Å². The van der Waals surface area contributed by atoms with Crippen molar-refractivity contribution in [1.82, 2.24) is 0 Å². The van der Waals surface area contributed by atoms with Crippen LogP contribution in [0, 0.1) is 0 Å². The third kappa shape index (κ3) is 3.89. The number of hydrogen-bond acceptors (Lipinski definition) is 3. The molecule has 0 radical (unpaired) electrons. The van der Waals surface area contributed by atoms with Gasteiger partial charge in [-0.05, 0) is 30.5 Å². The van der Waals surface area contributed by atoms with Crippen LogP contribution >= 0.6 is 0 Å². The number of hydrogen-bond donors (Lipinski definition) is 2. The van der Waals surface area contributed by atoms with E-state index >= 15 is 0 Å². The molecule has 1 aromatic rings. The van der Waals surface area contributed by atoms with Crippen LogP contribution in [0.15, 0.2) is 12.1 Å². The molecule has 0 saturated heterocycles. The van der Waals surface area contributed by atoms with Crippen molar-refractivity contribution in [1.29, 1.82) is 0 Å². The van der Waals surface area contributed by atoms with Gasteiger partial charge in [0, 0.05) is 12.1 Å². The minimum atomic E-state index is 0.0569. The van der Waals surface area contributed by atoms with Gasteiger partial charge in [0.15, 0.2) is 0 Å². The third-order valence-corrected chi connectivity index (χ3v) is 3.64. The molecule has 0 aromatic heterocycles. The summed E-state index contributed by atoms with van der Waals surface area (Å²) in [5.74, 6) is 0.803. The van der Waals surface area contributed by atoms with E-state index in [1.165, 1.54) is 25.7 Å². The summed E-state index contributed by atoms with van der Waals surface area (Å²) >= 11 is 0. The number of ether oxygens (including phenoxy) is 1. The summed E-state index contributed by atoms with van der Waals surface area (Å²) < 4.78 is 5.77. The summed E-state index contributed by atoms with van der Waals surface area (Å²) in [7, 11) is 0. The van der Waals surface area contributed by atoms with E-state index in [-0.39, 0.29) is 5.91 Å². The summed E-state index contributed by atoms with van der Waals surface area (Å²) in [6.07, 6.45) is 7.38. The van der Waals surface area contributed by atoms with E-state index in [4.69, 9.17) is 10.5 Å². The predicted molar refractivity (Wildman–Crippen MR) is 82.1 cm³/mol. The fourth-order valence-corrected chi connectivity index (χ4v) is 2.44. The van der Waals surface area contributed by atoms with Crippen LogP contribution in [0.4, 0.5) is 11.4 Å². The van der Waals surface area contributed by atoms with Gasteiger partial charge in [-0.2, -0.15) is 0 Å². The van der Waals surface area contributed by atoms with Crippen molar-refractivity contribution < 1.29 is 9.53 Å². The smallest absolute Gasteiger partial charge is 0.224 e. The van der Waals surface area contributed by atoms with Crippen LogP contribution in [-0.2, 0) is 11.2 Å². The molecule has 20 heavy (non-hydrogen) atoms. The Balaban J connectivity index is 1.87. The Bertz CT molecular complexity index is 472. The first kappa shape index (κ1) is 14.7. The predicted octanol–water partition coefficient (Wildman–Crippen LogP) is 3.50. The van der Waals surface area contributed by atoms with E-state index in [1.807, 2.05) is 6.07 Å². The van der Waals surface area contributed by atoms with Crippen LogP contribution in [0.1, 0.15) is 51.0 Å². The van der Waals surface area contributed by atoms with Crippen LogP contribution in [0.5, 0.6) is 5.75 Å². The molecule has 1 amide bonds. The maximum absolute atomic E-state index is 11.3. The van der Waals surface area contributed by atoms with Crippen LogP contribution in [0.3, 0.4) is 0 Å². The lowest BCUT2D eigenvalue weighted by Crippen LogP contribution is -2.19.